The largest absolute Gasteiger partial charge is 0.498 e. The quantitative estimate of drug-likeness (QED) is 0.332. The molecule has 0 bridgehead atoms. The predicted molar refractivity (Wildman–Crippen MR) is 71.1 cm³/mol. The van der Waals surface area contributed by atoms with Gasteiger partial charge in [-0.25, -0.2) is 0 Å². The van der Waals surface area contributed by atoms with E-state index in [0.29, 0.717) is 38.0 Å². The topological polar surface area (TPSA) is 9.23 Å². The van der Waals surface area contributed by atoms with Gasteiger partial charge in [-0.3, -0.25) is 0 Å². The van der Waals surface area contributed by atoms with E-state index in [0.717, 1.165) is 12.8 Å². The Balaban J connectivity index is 2.37. The highest BCUT2D eigenvalue weighted by molar-refractivity contribution is 4.94. The van der Waals surface area contributed by atoms with Crippen LogP contribution in [-0.2, 0) is 4.74 Å². The van der Waals surface area contributed by atoms with Crippen LogP contribution in [0.25, 0.3) is 0 Å². The summed E-state index contributed by atoms with van der Waals surface area (Å²) in [4.78, 5) is 0. The maximum Gasteiger partial charge on any atom is 0.453 e. The summed E-state index contributed by atoms with van der Waals surface area (Å²) in [5.41, 5.74) is 0. The Hall–Kier alpha value is -0.810. The van der Waals surface area contributed by atoms with E-state index in [2.05, 4.69) is 6.58 Å². The maximum absolute atomic E-state index is 13.0. The van der Waals surface area contributed by atoms with Crippen LogP contribution in [-0.4, -0.2) is 18.7 Å². The smallest absolute Gasteiger partial charge is 0.453 e. The number of allylic oxidation sites excluding steroid dienone is 1. The molecule has 0 heterocycles. The summed E-state index contributed by atoms with van der Waals surface area (Å²) < 4.78 is 68.1. The minimum Gasteiger partial charge on any atom is -0.498 e. The third-order valence-corrected chi connectivity index (χ3v) is 4.05. The first-order valence-electron chi connectivity index (χ1n) is 7.43. The van der Waals surface area contributed by atoms with Gasteiger partial charge in [0.15, 0.2) is 0 Å². The molecule has 1 nitrogen and oxygen atoms in total. The monoisotopic (exact) mass is 314 g/mol. The van der Waals surface area contributed by atoms with Gasteiger partial charge in [0.2, 0.25) is 0 Å². The van der Waals surface area contributed by atoms with Crippen molar-refractivity contribution in [3.63, 3.8) is 0 Å². The van der Waals surface area contributed by atoms with Gasteiger partial charge in [-0.15, -0.1) is 0 Å². The van der Waals surface area contributed by atoms with E-state index in [4.69, 9.17) is 4.74 Å². The van der Waals surface area contributed by atoms with Crippen molar-refractivity contribution in [1.82, 2.24) is 0 Å². The number of rotatable bonds is 7. The van der Waals surface area contributed by atoms with Gasteiger partial charge >= 0.3 is 12.1 Å². The first-order chi connectivity index (χ1) is 9.67. The number of hydrogen-bond acceptors (Lipinski definition) is 1. The summed E-state index contributed by atoms with van der Waals surface area (Å²) in [6.07, 6.45) is -2.74. The van der Waals surface area contributed by atoms with Gasteiger partial charge in [-0.05, 0) is 38.0 Å². The van der Waals surface area contributed by atoms with Crippen LogP contribution >= 0.6 is 0 Å². The Kier molecular flexibility index (Phi) is 6.47. The number of alkyl halides is 5. The molecule has 0 spiro atoms. The average Bonchev–Trinajstić information content (AvgIpc) is 2.38. The lowest BCUT2D eigenvalue weighted by atomic mass is 9.78. The third kappa shape index (κ3) is 5.47. The van der Waals surface area contributed by atoms with E-state index in [1.165, 1.54) is 0 Å². The Morgan fingerprint density at radius 2 is 1.67 bits per heavy atom. The molecule has 1 aliphatic carbocycles. The third-order valence-electron chi connectivity index (χ3n) is 4.05. The highest BCUT2D eigenvalue weighted by Crippen LogP contribution is 2.44. The van der Waals surface area contributed by atoms with E-state index in [1.54, 1.807) is 0 Å². The van der Waals surface area contributed by atoms with Crippen molar-refractivity contribution < 1.29 is 26.7 Å². The average molecular weight is 314 g/mol. The van der Waals surface area contributed by atoms with Crippen LogP contribution in [0, 0.1) is 11.8 Å². The van der Waals surface area contributed by atoms with Crippen molar-refractivity contribution in [1.29, 1.82) is 0 Å². The fourth-order valence-corrected chi connectivity index (χ4v) is 2.63. The molecule has 0 aliphatic heterocycles. The van der Waals surface area contributed by atoms with Crippen molar-refractivity contribution >= 4 is 0 Å². The Morgan fingerprint density at radius 1 is 1.10 bits per heavy atom. The van der Waals surface area contributed by atoms with Crippen LogP contribution in [0.3, 0.4) is 0 Å². The summed E-state index contributed by atoms with van der Waals surface area (Å²) >= 11 is 0. The normalized spacial score (nSPS) is 23.9. The van der Waals surface area contributed by atoms with Crippen molar-refractivity contribution in [3.8, 4) is 0 Å². The van der Waals surface area contributed by atoms with Crippen LogP contribution in [0.5, 0.6) is 0 Å². The second kappa shape index (κ2) is 7.45. The molecule has 21 heavy (non-hydrogen) atoms. The molecule has 124 valence electrons. The molecule has 0 aromatic carbocycles. The molecule has 0 saturated heterocycles. The lowest BCUT2D eigenvalue weighted by Crippen LogP contribution is -2.38. The van der Waals surface area contributed by atoms with Gasteiger partial charge in [0.1, 0.15) is 0 Å². The fraction of sp³-hybridized carbons (Fsp3) is 0.867. The molecule has 1 saturated carbocycles. The standard InChI is InChI=1S/C15H23F5O/c1-3-4-9-21-11(2)13-7-5-12(6-8-13)10-14(16,17)15(18,19)20/h12-13H,2-10H2,1H3. The van der Waals surface area contributed by atoms with Crippen LogP contribution < -0.4 is 0 Å². The van der Waals surface area contributed by atoms with E-state index in [1.807, 2.05) is 6.92 Å². The molecule has 0 radical (unpaired) electrons. The number of unbranched alkanes of at least 4 members (excludes halogenated alkanes) is 1. The van der Waals surface area contributed by atoms with Crippen molar-refractivity contribution in [2.45, 2.75) is 64.0 Å². The highest BCUT2D eigenvalue weighted by atomic mass is 19.4. The predicted octanol–water partition coefficient (Wildman–Crippen LogP) is 5.71. The van der Waals surface area contributed by atoms with E-state index >= 15 is 0 Å². The maximum atomic E-state index is 13.0. The van der Waals surface area contributed by atoms with Crippen LogP contribution in [0.15, 0.2) is 12.3 Å². The van der Waals surface area contributed by atoms with Crippen LogP contribution in [0.4, 0.5) is 22.0 Å². The molecule has 0 atom stereocenters. The molecule has 1 aliphatic rings. The summed E-state index contributed by atoms with van der Waals surface area (Å²) in [7, 11) is 0. The number of hydrogen-bond donors (Lipinski definition) is 0. The zero-order chi connectivity index (χ0) is 16.1. The molecule has 0 aromatic heterocycles. The van der Waals surface area contributed by atoms with Crippen molar-refractivity contribution in [2.24, 2.45) is 11.8 Å². The summed E-state index contributed by atoms with van der Waals surface area (Å²) in [5, 5.41) is 0. The van der Waals surface area contributed by atoms with Gasteiger partial charge in [-0.2, -0.15) is 22.0 Å². The SMILES string of the molecule is C=C(OCCCC)C1CCC(CC(F)(F)C(F)(F)F)CC1. The first kappa shape index (κ1) is 18.2. The summed E-state index contributed by atoms with van der Waals surface area (Å²) in [5.74, 6) is -4.44. The van der Waals surface area contributed by atoms with Gasteiger partial charge in [0.05, 0.1) is 12.4 Å². The van der Waals surface area contributed by atoms with Gasteiger partial charge < -0.3 is 4.74 Å². The summed E-state index contributed by atoms with van der Waals surface area (Å²) in [6.45, 7) is 6.46. The lowest BCUT2D eigenvalue weighted by molar-refractivity contribution is -0.288. The molecule has 6 heteroatoms. The molecular formula is C15H23F5O. The first-order valence-corrected chi connectivity index (χ1v) is 7.43. The Bertz CT molecular complexity index is 329. The second-order valence-corrected chi connectivity index (χ2v) is 5.79. The molecular weight excluding hydrogens is 291 g/mol. The number of ether oxygens (including phenoxy) is 1. The minimum absolute atomic E-state index is 0.0811. The lowest BCUT2D eigenvalue weighted by Gasteiger charge is -2.32. The minimum atomic E-state index is -5.45. The molecule has 0 amide bonds. The van der Waals surface area contributed by atoms with E-state index < -0.39 is 24.4 Å². The van der Waals surface area contributed by atoms with Crippen LogP contribution in [0.2, 0.25) is 0 Å². The highest BCUT2D eigenvalue weighted by Gasteiger charge is 2.57. The Morgan fingerprint density at radius 3 is 2.14 bits per heavy atom. The zero-order valence-corrected chi connectivity index (χ0v) is 12.3. The molecule has 0 unspecified atom stereocenters. The van der Waals surface area contributed by atoms with E-state index in [9.17, 15) is 22.0 Å². The van der Waals surface area contributed by atoms with Crippen molar-refractivity contribution in [3.05, 3.63) is 12.3 Å². The summed E-state index contributed by atoms with van der Waals surface area (Å²) in [6, 6.07) is 0. The number of halogens is 5. The van der Waals surface area contributed by atoms with E-state index in [-0.39, 0.29) is 5.92 Å². The molecule has 1 rings (SSSR count). The fourth-order valence-electron chi connectivity index (χ4n) is 2.63. The van der Waals surface area contributed by atoms with Crippen LogP contribution in [0.1, 0.15) is 51.9 Å². The van der Waals surface area contributed by atoms with Gasteiger partial charge in [-0.1, -0.05) is 19.9 Å². The molecule has 1 fully saturated rings. The van der Waals surface area contributed by atoms with Crippen molar-refractivity contribution in [2.75, 3.05) is 6.61 Å². The second-order valence-electron chi connectivity index (χ2n) is 5.79. The zero-order valence-electron chi connectivity index (χ0n) is 12.3. The Labute approximate surface area is 122 Å². The molecule has 0 aromatic rings. The molecule has 0 N–H and O–H groups in total. The van der Waals surface area contributed by atoms with Gasteiger partial charge in [0, 0.05) is 12.3 Å². The van der Waals surface area contributed by atoms with Gasteiger partial charge in [0.25, 0.3) is 0 Å².